The summed E-state index contributed by atoms with van der Waals surface area (Å²) in [6, 6.07) is 26.3. The number of fused-ring (bicyclic) bond motifs is 2. The van der Waals surface area contributed by atoms with E-state index >= 15 is 0 Å². The van der Waals surface area contributed by atoms with Crippen LogP contribution in [0.25, 0.3) is 21.8 Å². The zero-order valence-electron chi connectivity index (χ0n) is 18.5. The highest BCUT2D eigenvalue weighted by Crippen LogP contribution is 2.26. The van der Waals surface area contributed by atoms with Crippen molar-refractivity contribution in [2.75, 3.05) is 11.1 Å². The lowest BCUT2D eigenvalue weighted by Gasteiger charge is -2.20. The molecule has 1 atom stereocenters. The van der Waals surface area contributed by atoms with Gasteiger partial charge in [-0.25, -0.2) is 4.98 Å². The standard InChI is InChI=1S/C27H22N4O2S/c1-18(19-9-3-2-4-10-19)31-26(33)21-11-5-6-13-24(21)30-27(31)34-17-25(32)29-23-15-7-14-22-20(23)12-8-16-28-22/h2-16,18H,17H2,1H3,(H,29,32). The summed E-state index contributed by atoms with van der Waals surface area (Å²) in [7, 11) is 0. The zero-order chi connectivity index (χ0) is 23.5. The first-order valence-corrected chi connectivity index (χ1v) is 11.9. The van der Waals surface area contributed by atoms with Gasteiger partial charge in [-0.15, -0.1) is 0 Å². The summed E-state index contributed by atoms with van der Waals surface area (Å²) in [4.78, 5) is 35.4. The monoisotopic (exact) mass is 466 g/mol. The van der Waals surface area contributed by atoms with Crippen LogP contribution in [0, 0.1) is 0 Å². The number of nitrogens with zero attached hydrogens (tertiary/aromatic N) is 3. The molecular formula is C27H22N4O2S. The molecule has 5 aromatic rings. The van der Waals surface area contributed by atoms with Gasteiger partial charge in [-0.1, -0.05) is 60.3 Å². The molecule has 0 aliphatic rings. The molecule has 7 heteroatoms. The van der Waals surface area contributed by atoms with E-state index in [9.17, 15) is 9.59 Å². The Bertz CT molecular complexity index is 1540. The highest BCUT2D eigenvalue weighted by molar-refractivity contribution is 7.99. The van der Waals surface area contributed by atoms with Crippen LogP contribution in [0.5, 0.6) is 0 Å². The SMILES string of the molecule is CC(c1ccccc1)n1c(SCC(=O)Nc2cccc3ncccc23)nc2ccccc2c1=O. The first-order valence-electron chi connectivity index (χ1n) is 10.9. The maximum Gasteiger partial charge on any atom is 0.262 e. The second kappa shape index (κ2) is 9.49. The number of amides is 1. The number of anilines is 1. The molecule has 0 radical (unpaired) electrons. The van der Waals surface area contributed by atoms with Gasteiger partial charge in [0.15, 0.2) is 5.16 Å². The van der Waals surface area contributed by atoms with Crippen LogP contribution in [0.4, 0.5) is 5.69 Å². The van der Waals surface area contributed by atoms with Gasteiger partial charge in [0, 0.05) is 11.6 Å². The van der Waals surface area contributed by atoms with Gasteiger partial charge in [0.1, 0.15) is 0 Å². The molecule has 168 valence electrons. The van der Waals surface area contributed by atoms with Crippen LogP contribution in [-0.2, 0) is 4.79 Å². The van der Waals surface area contributed by atoms with Crippen molar-refractivity contribution < 1.29 is 4.79 Å². The lowest BCUT2D eigenvalue weighted by atomic mass is 10.1. The van der Waals surface area contributed by atoms with E-state index in [1.807, 2.05) is 85.8 Å². The third-order valence-corrected chi connectivity index (χ3v) is 6.65. The molecule has 0 bridgehead atoms. The molecule has 0 aliphatic carbocycles. The lowest BCUT2D eigenvalue weighted by molar-refractivity contribution is -0.113. The summed E-state index contributed by atoms with van der Waals surface area (Å²) in [5, 5.41) is 4.92. The van der Waals surface area contributed by atoms with Crippen LogP contribution >= 0.6 is 11.8 Å². The van der Waals surface area contributed by atoms with Gasteiger partial charge in [-0.05, 0) is 48.9 Å². The van der Waals surface area contributed by atoms with E-state index in [1.54, 1.807) is 16.8 Å². The van der Waals surface area contributed by atoms with Gasteiger partial charge < -0.3 is 5.32 Å². The van der Waals surface area contributed by atoms with Gasteiger partial charge in [0.05, 0.1) is 33.9 Å². The highest BCUT2D eigenvalue weighted by Gasteiger charge is 2.19. The topological polar surface area (TPSA) is 76.9 Å². The van der Waals surface area contributed by atoms with Gasteiger partial charge in [0.25, 0.3) is 5.56 Å². The Morgan fingerprint density at radius 2 is 1.65 bits per heavy atom. The number of nitrogens with one attached hydrogen (secondary N) is 1. The number of carbonyl (C=O) groups excluding carboxylic acids is 1. The minimum atomic E-state index is -0.236. The molecule has 0 spiro atoms. The number of hydrogen-bond donors (Lipinski definition) is 1. The van der Waals surface area contributed by atoms with Crippen LogP contribution in [0.15, 0.2) is 101 Å². The van der Waals surface area contributed by atoms with Crippen LogP contribution < -0.4 is 10.9 Å². The second-order valence-electron chi connectivity index (χ2n) is 7.89. The zero-order valence-corrected chi connectivity index (χ0v) is 19.3. The molecule has 3 aromatic carbocycles. The molecule has 2 heterocycles. The minimum Gasteiger partial charge on any atom is -0.325 e. The third-order valence-electron chi connectivity index (χ3n) is 5.70. The van der Waals surface area contributed by atoms with E-state index in [4.69, 9.17) is 4.98 Å². The van der Waals surface area contributed by atoms with Gasteiger partial charge in [-0.3, -0.25) is 19.1 Å². The predicted molar refractivity (Wildman–Crippen MR) is 137 cm³/mol. The van der Waals surface area contributed by atoms with Crippen molar-refractivity contribution in [2.45, 2.75) is 18.1 Å². The number of carbonyl (C=O) groups is 1. The van der Waals surface area contributed by atoms with E-state index in [0.29, 0.717) is 21.7 Å². The average Bonchev–Trinajstić information content (AvgIpc) is 2.88. The number of thioether (sulfide) groups is 1. The van der Waals surface area contributed by atoms with E-state index in [1.165, 1.54) is 11.8 Å². The van der Waals surface area contributed by atoms with Crippen molar-refractivity contribution in [3.8, 4) is 0 Å². The number of rotatable bonds is 6. The molecule has 1 N–H and O–H groups in total. The Morgan fingerprint density at radius 1 is 0.912 bits per heavy atom. The molecule has 34 heavy (non-hydrogen) atoms. The van der Waals surface area contributed by atoms with Crippen LogP contribution in [0.3, 0.4) is 0 Å². The van der Waals surface area contributed by atoms with E-state index in [0.717, 1.165) is 16.5 Å². The molecule has 0 fully saturated rings. The van der Waals surface area contributed by atoms with Crippen LogP contribution in [-0.4, -0.2) is 26.2 Å². The summed E-state index contributed by atoms with van der Waals surface area (Å²) in [6.45, 7) is 1.97. The molecule has 6 nitrogen and oxygen atoms in total. The first kappa shape index (κ1) is 21.9. The number of hydrogen-bond acceptors (Lipinski definition) is 5. The Balaban J connectivity index is 1.46. The van der Waals surface area contributed by atoms with Gasteiger partial charge >= 0.3 is 0 Å². The molecular weight excluding hydrogens is 444 g/mol. The van der Waals surface area contributed by atoms with Crippen molar-refractivity contribution in [3.05, 3.63) is 107 Å². The lowest BCUT2D eigenvalue weighted by Crippen LogP contribution is -2.27. The maximum atomic E-state index is 13.4. The van der Waals surface area contributed by atoms with Crippen molar-refractivity contribution in [1.29, 1.82) is 0 Å². The molecule has 1 amide bonds. The van der Waals surface area contributed by atoms with E-state index < -0.39 is 0 Å². The second-order valence-corrected chi connectivity index (χ2v) is 8.83. The van der Waals surface area contributed by atoms with Crippen LogP contribution in [0.2, 0.25) is 0 Å². The first-order chi connectivity index (χ1) is 16.6. The Kier molecular flexibility index (Phi) is 6.10. The predicted octanol–water partition coefficient (Wildman–Crippen LogP) is 5.28. The minimum absolute atomic E-state index is 0.114. The molecule has 1 unspecified atom stereocenters. The average molecular weight is 467 g/mol. The Morgan fingerprint density at radius 3 is 2.50 bits per heavy atom. The normalized spacial score (nSPS) is 12.0. The van der Waals surface area contributed by atoms with Crippen LogP contribution in [0.1, 0.15) is 18.5 Å². The van der Waals surface area contributed by atoms with Crippen molar-refractivity contribution in [2.24, 2.45) is 0 Å². The third kappa shape index (κ3) is 4.30. The summed E-state index contributed by atoms with van der Waals surface area (Å²) in [6.07, 6.45) is 1.72. The number of aromatic nitrogens is 3. The molecule has 0 aliphatic heterocycles. The molecule has 5 rings (SSSR count). The fraction of sp³-hybridized carbons (Fsp3) is 0.111. The molecule has 0 saturated carbocycles. The number of benzene rings is 3. The largest absolute Gasteiger partial charge is 0.325 e. The summed E-state index contributed by atoms with van der Waals surface area (Å²) < 4.78 is 1.68. The smallest absolute Gasteiger partial charge is 0.262 e. The highest BCUT2D eigenvalue weighted by atomic mass is 32.2. The van der Waals surface area contributed by atoms with Crippen molar-refractivity contribution in [3.63, 3.8) is 0 Å². The fourth-order valence-electron chi connectivity index (χ4n) is 3.98. The summed E-state index contributed by atoms with van der Waals surface area (Å²) in [5.41, 5.74) is 3.01. The van der Waals surface area contributed by atoms with Crippen molar-refractivity contribution >= 4 is 45.2 Å². The fourth-order valence-corrected chi connectivity index (χ4v) is 4.85. The summed E-state index contributed by atoms with van der Waals surface area (Å²) in [5.74, 6) is -0.0641. The summed E-state index contributed by atoms with van der Waals surface area (Å²) >= 11 is 1.26. The molecule has 0 saturated heterocycles. The number of para-hydroxylation sites is 1. The molecule has 2 aromatic heterocycles. The number of pyridine rings is 1. The van der Waals surface area contributed by atoms with E-state index in [2.05, 4.69) is 10.3 Å². The quantitative estimate of drug-likeness (QED) is 0.272. The van der Waals surface area contributed by atoms with Crippen molar-refractivity contribution in [1.82, 2.24) is 14.5 Å². The van der Waals surface area contributed by atoms with E-state index in [-0.39, 0.29) is 23.3 Å². The Hall–Kier alpha value is -3.97. The Labute approximate surface area is 200 Å². The van der Waals surface area contributed by atoms with Gasteiger partial charge in [0.2, 0.25) is 5.91 Å². The maximum absolute atomic E-state index is 13.4. The van der Waals surface area contributed by atoms with Gasteiger partial charge in [-0.2, -0.15) is 0 Å².